The highest BCUT2D eigenvalue weighted by molar-refractivity contribution is 5.92. The van der Waals surface area contributed by atoms with Gasteiger partial charge in [-0.05, 0) is 43.9 Å². The van der Waals surface area contributed by atoms with Crippen LogP contribution in [0.3, 0.4) is 0 Å². The van der Waals surface area contributed by atoms with Crippen LogP contribution < -0.4 is 21.7 Å². The molecule has 0 aliphatic rings. The Bertz CT molecular complexity index is 1480. The molecule has 3 aromatic carbocycles. The van der Waals surface area contributed by atoms with Gasteiger partial charge in [0, 0.05) is 12.1 Å². The summed E-state index contributed by atoms with van der Waals surface area (Å²) < 4.78 is 5.21. The topological polar surface area (TPSA) is 180 Å². The second-order valence-electron chi connectivity index (χ2n) is 12.2. The van der Waals surface area contributed by atoms with Crippen LogP contribution in [-0.2, 0) is 43.5 Å². The molecule has 0 spiro atoms. The van der Waals surface area contributed by atoms with Gasteiger partial charge in [-0.2, -0.15) is 0 Å². The highest BCUT2D eigenvalue weighted by Crippen LogP contribution is 2.13. The Balaban J connectivity index is 1.83. The van der Waals surface area contributed by atoms with Gasteiger partial charge in [0.1, 0.15) is 12.6 Å². The molecule has 3 unspecified atom stereocenters. The van der Waals surface area contributed by atoms with Crippen molar-refractivity contribution in [3.63, 3.8) is 0 Å². The zero-order chi connectivity index (χ0) is 34.4. The van der Waals surface area contributed by atoms with Crippen molar-refractivity contribution in [2.24, 2.45) is 5.73 Å². The second-order valence-corrected chi connectivity index (χ2v) is 12.2. The Morgan fingerprint density at radius 1 is 0.809 bits per heavy atom. The van der Waals surface area contributed by atoms with Crippen LogP contribution in [0.2, 0.25) is 0 Å². The maximum Gasteiger partial charge on any atom is 0.408 e. The van der Waals surface area contributed by atoms with Gasteiger partial charge in [-0.3, -0.25) is 19.2 Å². The molecule has 3 atom stereocenters. The minimum Gasteiger partial charge on any atom is -0.445 e. The molecular formula is C35H43N5O7. The molecule has 250 valence electrons. The van der Waals surface area contributed by atoms with E-state index in [-0.39, 0.29) is 26.1 Å². The van der Waals surface area contributed by atoms with Gasteiger partial charge in [-0.15, -0.1) is 0 Å². The normalized spacial score (nSPS) is 12.9. The summed E-state index contributed by atoms with van der Waals surface area (Å²) in [6, 6.07) is 24.0. The van der Waals surface area contributed by atoms with Gasteiger partial charge in [0.25, 0.3) is 5.91 Å². The van der Waals surface area contributed by atoms with E-state index in [0.717, 1.165) is 5.56 Å². The minimum atomic E-state index is -1.82. The molecule has 0 radical (unpaired) electrons. The molecule has 5 amide bonds. The molecule has 0 saturated carbocycles. The van der Waals surface area contributed by atoms with Gasteiger partial charge >= 0.3 is 6.09 Å². The number of aliphatic hydroxyl groups excluding tert-OH is 1. The summed E-state index contributed by atoms with van der Waals surface area (Å²) in [4.78, 5) is 66.0. The van der Waals surface area contributed by atoms with E-state index in [1.807, 2.05) is 32.9 Å². The summed E-state index contributed by atoms with van der Waals surface area (Å²) in [5.74, 6) is -2.98. The lowest BCUT2D eigenvalue weighted by molar-refractivity contribution is -0.146. The molecule has 0 aromatic heterocycles. The van der Waals surface area contributed by atoms with Crippen LogP contribution in [0.15, 0.2) is 91.0 Å². The molecule has 0 aliphatic carbocycles. The van der Waals surface area contributed by atoms with Crippen LogP contribution in [0, 0.1) is 0 Å². The Morgan fingerprint density at radius 3 is 1.87 bits per heavy atom. The number of primary amides is 1. The average Bonchev–Trinajstić information content (AvgIpc) is 3.02. The predicted octanol–water partition coefficient (Wildman–Crippen LogP) is 2.19. The zero-order valence-corrected chi connectivity index (χ0v) is 26.8. The SMILES string of the molecule is CC(C)(C)NC(=O)CN(Cc1ccccc1)C(=O)C(O)C(Cc1ccccc1)NC(=O)C(CC(N)=O)NC(=O)OCc1ccccc1. The van der Waals surface area contributed by atoms with Crippen LogP contribution in [0.25, 0.3) is 0 Å². The maximum atomic E-state index is 13.9. The van der Waals surface area contributed by atoms with Crippen LogP contribution in [-0.4, -0.2) is 70.0 Å². The van der Waals surface area contributed by atoms with E-state index in [2.05, 4.69) is 16.0 Å². The average molecular weight is 646 g/mol. The number of benzene rings is 3. The third kappa shape index (κ3) is 13.0. The highest BCUT2D eigenvalue weighted by Gasteiger charge is 2.35. The van der Waals surface area contributed by atoms with Crippen LogP contribution in [0.5, 0.6) is 0 Å². The summed E-state index contributed by atoms with van der Waals surface area (Å²) in [5, 5.41) is 19.3. The Labute approximate surface area is 274 Å². The molecule has 3 aromatic rings. The Hall–Kier alpha value is -5.23. The number of nitrogens with zero attached hydrogens (tertiary/aromatic N) is 1. The van der Waals surface area contributed by atoms with Crippen molar-refractivity contribution in [3.8, 4) is 0 Å². The molecule has 12 nitrogen and oxygen atoms in total. The summed E-state index contributed by atoms with van der Waals surface area (Å²) in [6.45, 7) is 5.00. The monoisotopic (exact) mass is 645 g/mol. The lowest BCUT2D eigenvalue weighted by Crippen LogP contribution is -2.58. The van der Waals surface area contributed by atoms with Gasteiger partial charge in [-0.25, -0.2) is 4.79 Å². The van der Waals surface area contributed by atoms with Crippen molar-refractivity contribution in [3.05, 3.63) is 108 Å². The molecule has 0 aliphatic heterocycles. The summed E-state index contributed by atoms with van der Waals surface area (Å²) in [6.07, 6.45) is -3.34. The first-order valence-corrected chi connectivity index (χ1v) is 15.2. The molecule has 0 bridgehead atoms. The standard InChI is InChI=1S/C35H43N5O7/c1-35(2,3)39-30(42)22-40(21-25-15-9-5-10-16-25)33(45)31(43)27(19-24-13-7-4-8-14-24)37-32(44)28(20-29(36)41)38-34(46)47-23-26-17-11-6-12-18-26/h4-18,27-28,31,43H,19-23H2,1-3H3,(H2,36,41)(H,37,44)(H,38,46)(H,39,42). The van der Waals surface area contributed by atoms with E-state index in [4.69, 9.17) is 10.5 Å². The summed E-state index contributed by atoms with van der Waals surface area (Å²) in [5.41, 5.74) is 6.93. The maximum absolute atomic E-state index is 13.9. The molecule has 47 heavy (non-hydrogen) atoms. The van der Waals surface area contributed by atoms with Gasteiger partial charge in [0.2, 0.25) is 17.7 Å². The number of carbonyl (C=O) groups excluding carboxylic acids is 5. The Morgan fingerprint density at radius 2 is 1.34 bits per heavy atom. The van der Waals surface area contributed by atoms with Crippen LogP contribution >= 0.6 is 0 Å². The molecule has 6 N–H and O–H groups in total. The van der Waals surface area contributed by atoms with Crippen LogP contribution in [0.1, 0.15) is 43.9 Å². The Kier molecular flexibility index (Phi) is 13.5. The number of hydrogen-bond donors (Lipinski definition) is 5. The first kappa shape index (κ1) is 36.2. The fourth-order valence-corrected chi connectivity index (χ4v) is 4.72. The molecule has 0 heterocycles. The molecule has 3 rings (SSSR count). The lowest BCUT2D eigenvalue weighted by atomic mass is 9.99. The van der Waals surface area contributed by atoms with Gasteiger partial charge in [-0.1, -0.05) is 91.0 Å². The quantitative estimate of drug-likeness (QED) is 0.168. The third-order valence-electron chi connectivity index (χ3n) is 6.86. The smallest absolute Gasteiger partial charge is 0.408 e. The highest BCUT2D eigenvalue weighted by atomic mass is 16.5. The summed E-state index contributed by atoms with van der Waals surface area (Å²) >= 11 is 0. The predicted molar refractivity (Wildman–Crippen MR) is 175 cm³/mol. The number of alkyl carbamates (subject to hydrolysis) is 1. The zero-order valence-electron chi connectivity index (χ0n) is 26.8. The molecule has 0 saturated heterocycles. The number of hydrogen-bond acceptors (Lipinski definition) is 7. The molecule has 0 fully saturated rings. The van der Waals surface area contributed by atoms with Crippen molar-refractivity contribution in [1.29, 1.82) is 0 Å². The van der Waals surface area contributed by atoms with Crippen molar-refractivity contribution in [2.75, 3.05) is 6.54 Å². The van der Waals surface area contributed by atoms with E-state index in [0.29, 0.717) is 11.1 Å². The number of rotatable bonds is 15. The van der Waals surface area contributed by atoms with Gasteiger partial charge < -0.3 is 36.4 Å². The number of nitrogens with one attached hydrogen (secondary N) is 3. The van der Waals surface area contributed by atoms with Crippen LogP contribution in [0.4, 0.5) is 4.79 Å². The van der Waals surface area contributed by atoms with Crippen molar-refractivity contribution in [2.45, 2.75) is 70.5 Å². The number of nitrogens with two attached hydrogens (primary N) is 1. The molecule has 12 heteroatoms. The van der Waals surface area contributed by atoms with E-state index in [9.17, 15) is 29.1 Å². The van der Waals surface area contributed by atoms with E-state index in [1.165, 1.54) is 4.90 Å². The first-order valence-electron chi connectivity index (χ1n) is 15.2. The van der Waals surface area contributed by atoms with Crippen molar-refractivity contribution in [1.82, 2.24) is 20.9 Å². The van der Waals surface area contributed by atoms with Gasteiger partial charge in [0.15, 0.2) is 6.10 Å². The van der Waals surface area contributed by atoms with E-state index in [1.54, 1.807) is 78.9 Å². The third-order valence-corrected chi connectivity index (χ3v) is 6.86. The van der Waals surface area contributed by atoms with E-state index < -0.39 is 59.9 Å². The van der Waals surface area contributed by atoms with Crippen molar-refractivity contribution < 1.29 is 33.8 Å². The summed E-state index contributed by atoms with van der Waals surface area (Å²) in [7, 11) is 0. The minimum absolute atomic E-state index is 0.00853. The number of amides is 5. The van der Waals surface area contributed by atoms with Crippen molar-refractivity contribution >= 4 is 29.7 Å². The first-order chi connectivity index (χ1) is 22.3. The lowest BCUT2D eigenvalue weighted by Gasteiger charge is -2.31. The van der Waals surface area contributed by atoms with E-state index >= 15 is 0 Å². The number of ether oxygens (including phenoxy) is 1. The van der Waals surface area contributed by atoms with Gasteiger partial charge in [0.05, 0.1) is 19.0 Å². The largest absolute Gasteiger partial charge is 0.445 e. The second kappa shape index (κ2) is 17.5. The number of aliphatic hydroxyl groups is 1. The fourth-order valence-electron chi connectivity index (χ4n) is 4.72. The number of carbonyl (C=O) groups is 5. The fraction of sp³-hybridized carbons (Fsp3) is 0.343. The molecular weight excluding hydrogens is 602 g/mol.